The molecule has 5 nitrogen and oxygen atoms in total. The normalized spacial score (nSPS) is 12.8. The minimum atomic E-state index is -0.402. The second-order valence-corrected chi connectivity index (χ2v) is 7.38. The number of benzene rings is 1. The Morgan fingerprint density at radius 3 is 2.72 bits per heavy atom. The Bertz CT molecular complexity index is 864. The van der Waals surface area contributed by atoms with Crippen molar-refractivity contribution in [2.24, 2.45) is 5.73 Å². The molecule has 1 aliphatic heterocycles. The zero-order chi connectivity index (χ0) is 17.3. The van der Waals surface area contributed by atoms with Gasteiger partial charge in [0.2, 0.25) is 0 Å². The van der Waals surface area contributed by atoms with Crippen LogP contribution in [0.5, 0.6) is 5.75 Å². The number of carbonyl (C=O) groups excluding carboxylic acids is 1. The molecule has 0 atom stereocenters. The van der Waals surface area contributed by atoms with Gasteiger partial charge in [0.1, 0.15) is 10.1 Å². The number of carbonyl (C=O) groups is 1. The van der Waals surface area contributed by atoms with E-state index in [1.54, 1.807) is 12.1 Å². The van der Waals surface area contributed by atoms with E-state index >= 15 is 0 Å². The van der Waals surface area contributed by atoms with E-state index in [1.165, 1.54) is 11.3 Å². The van der Waals surface area contributed by atoms with Crippen molar-refractivity contribution in [3.8, 4) is 16.9 Å². The third kappa shape index (κ3) is 4.27. The van der Waals surface area contributed by atoms with Crippen LogP contribution in [-0.2, 0) is 4.79 Å². The number of hydrogen-bond donors (Lipinski definition) is 3. The molecule has 9 heteroatoms. The number of nitrogens with two attached hydrogens (primary N) is 1. The molecule has 1 aliphatic rings. The number of hydrogen-bond acceptors (Lipinski definition) is 4. The number of guanidine groups is 1. The Morgan fingerprint density at radius 2 is 2.08 bits per heavy atom. The lowest BCUT2D eigenvalue weighted by Gasteiger charge is -2.11. The number of halogens is 3. The number of fused-ring (bicyclic) bond motifs is 1. The van der Waals surface area contributed by atoms with E-state index in [-0.39, 0.29) is 18.4 Å². The molecule has 132 valence electrons. The maximum Gasteiger partial charge on any atom is 0.254 e. The van der Waals surface area contributed by atoms with Crippen molar-refractivity contribution in [1.29, 1.82) is 5.41 Å². The highest BCUT2D eigenvalue weighted by atomic mass is 35.5. The average Bonchev–Trinajstić information content (AvgIpc) is 2.72. The number of rotatable bonds is 2. The first-order chi connectivity index (χ1) is 11.5. The number of thiophene rings is 1. The van der Waals surface area contributed by atoms with E-state index in [2.05, 4.69) is 5.32 Å². The van der Waals surface area contributed by atoms with E-state index in [1.807, 2.05) is 18.2 Å². The fourth-order valence-electron chi connectivity index (χ4n) is 2.47. The molecule has 0 bridgehead atoms. The Kier molecular flexibility index (Phi) is 6.35. The molecule has 1 aromatic heterocycles. The van der Waals surface area contributed by atoms with Gasteiger partial charge in [-0.3, -0.25) is 15.5 Å². The first-order valence-electron chi connectivity index (χ1n) is 7.02. The summed E-state index contributed by atoms with van der Waals surface area (Å²) in [5.74, 6) is -0.139. The molecule has 3 rings (SSSR count). The Hall–Kier alpha value is -1.73. The van der Waals surface area contributed by atoms with Crippen molar-refractivity contribution in [3.63, 3.8) is 0 Å². The van der Waals surface area contributed by atoms with Gasteiger partial charge in [-0.2, -0.15) is 0 Å². The van der Waals surface area contributed by atoms with Gasteiger partial charge in [-0.05, 0) is 12.1 Å². The maximum atomic E-state index is 12.1. The molecule has 0 saturated heterocycles. The second kappa shape index (κ2) is 8.10. The molecular weight excluding hydrogens is 405 g/mol. The lowest BCUT2D eigenvalue weighted by Crippen LogP contribution is -2.36. The largest absolute Gasteiger partial charge is 0.492 e. The van der Waals surface area contributed by atoms with Crippen molar-refractivity contribution in [1.82, 2.24) is 5.32 Å². The van der Waals surface area contributed by atoms with Crippen LogP contribution < -0.4 is 15.8 Å². The number of nitrogens with one attached hydrogen (secondary N) is 2. The molecule has 2 aromatic rings. The first kappa shape index (κ1) is 19.6. The summed E-state index contributed by atoms with van der Waals surface area (Å²) < 4.78 is 7.05. The van der Waals surface area contributed by atoms with Gasteiger partial charge in [0.15, 0.2) is 5.96 Å². The number of para-hydroxylation sites is 1. The fourth-order valence-corrected chi connectivity index (χ4v) is 3.96. The average molecular weight is 419 g/mol. The molecule has 0 saturated carbocycles. The van der Waals surface area contributed by atoms with Crippen LogP contribution in [-0.4, -0.2) is 18.5 Å². The zero-order valence-electron chi connectivity index (χ0n) is 12.8. The summed E-state index contributed by atoms with van der Waals surface area (Å²) in [4.78, 5) is 12.1. The number of ether oxygens (including phenoxy) is 1. The van der Waals surface area contributed by atoms with Crippen LogP contribution in [0.25, 0.3) is 17.2 Å². The van der Waals surface area contributed by atoms with Gasteiger partial charge in [-0.15, -0.1) is 23.7 Å². The predicted molar refractivity (Wildman–Crippen MR) is 105 cm³/mol. The minimum Gasteiger partial charge on any atom is -0.492 e. The van der Waals surface area contributed by atoms with Crippen molar-refractivity contribution in [3.05, 3.63) is 44.1 Å². The molecular formula is C16H14Cl3N3O2S. The summed E-state index contributed by atoms with van der Waals surface area (Å²) in [6, 6.07) is 7.41. The van der Waals surface area contributed by atoms with Gasteiger partial charge < -0.3 is 10.5 Å². The lowest BCUT2D eigenvalue weighted by molar-refractivity contribution is -0.116. The van der Waals surface area contributed by atoms with Crippen LogP contribution >= 0.6 is 46.9 Å². The molecule has 4 N–H and O–H groups in total. The standard InChI is InChI=1S/C16H13Cl2N3O2S.ClH/c17-12-7-11(14(18)24-12)10-3-1-2-8-6-9(4-5-23-13(8)10)15(22)21-16(19)20;/h1-3,6-7H,4-5H2,(H4,19,20,21,22);1H. The quantitative estimate of drug-likeness (QED) is 0.501. The van der Waals surface area contributed by atoms with E-state index in [0.29, 0.717) is 33.0 Å². The van der Waals surface area contributed by atoms with Crippen LogP contribution in [0.3, 0.4) is 0 Å². The van der Waals surface area contributed by atoms with Crippen molar-refractivity contribution >= 4 is 64.9 Å². The van der Waals surface area contributed by atoms with Crippen LogP contribution in [0.4, 0.5) is 0 Å². The zero-order valence-corrected chi connectivity index (χ0v) is 15.9. The van der Waals surface area contributed by atoms with Crippen LogP contribution in [0.2, 0.25) is 8.67 Å². The summed E-state index contributed by atoms with van der Waals surface area (Å²) in [7, 11) is 0. The third-order valence-electron chi connectivity index (χ3n) is 3.48. The Balaban J connectivity index is 0.00000225. The van der Waals surface area contributed by atoms with Crippen molar-refractivity contribution < 1.29 is 9.53 Å². The van der Waals surface area contributed by atoms with Gasteiger partial charge in [0.25, 0.3) is 5.91 Å². The van der Waals surface area contributed by atoms with E-state index in [9.17, 15) is 4.79 Å². The summed E-state index contributed by atoms with van der Waals surface area (Å²) >= 11 is 13.6. The molecule has 2 heterocycles. The molecule has 1 amide bonds. The Morgan fingerprint density at radius 1 is 1.32 bits per heavy atom. The molecule has 0 spiro atoms. The van der Waals surface area contributed by atoms with E-state index < -0.39 is 5.91 Å². The lowest BCUT2D eigenvalue weighted by atomic mass is 10.0. The summed E-state index contributed by atoms with van der Waals surface area (Å²) in [6.07, 6.45) is 2.15. The van der Waals surface area contributed by atoms with E-state index in [0.717, 1.165) is 16.7 Å². The topological polar surface area (TPSA) is 88.2 Å². The summed E-state index contributed by atoms with van der Waals surface area (Å²) in [5.41, 5.74) is 8.10. The second-order valence-electron chi connectivity index (χ2n) is 5.10. The molecule has 0 fully saturated rings. The predicted octanol–water partition coefficient (Wildman–Crippen LogP) is 4.32. The van der Waals surface area contributed by atoms with Gasteiger partial charge in [-0.1, -0.05) is 41.4 Å². The van der Waals surface area contributed by atoms with Gasteiger partial charge >= 0.3 is 0 Å². The first-order valence-corrected chi connectivity index (χ1v) is 8.60. The SMILES string of the molecule is Cl.N=C(N)NC(=O)C1=Cc2cccc(-c3cc(Cl)sc3Cl)c2OCC1. The highest BCUT2D eigenvalue weighted by Gasteiger charge is 2.20. The summed E-state index contributed by atoms with van der Waals surface area (Å²) in [5, 5.41) is 9.47. The van der Waals surface area contributed by atoms with Gasteiger partial charge in [0.05, 0.1) is 10.9 Å². The molecule has 0 radical (unpaired) electrons. The minimum absolute atomic E-state index is 0. The fraction of sp³-hybridized carbons (Fsp3) is 0.125. The van der Waals surface area contributed by atoms with Gasteiger partial charge in [-0.25, -0.2) is 0 Å². The summed E-state index contributed by atoms with van der Waals surface area (Å²) in [6.45, 7) is 0.330. The highest BCUT2D eigenvalue weighted by Crippen LogP contribution is 2.44. The molecule has 0 unspecified atom stereocenters. The van der Waals surface area contributed by atoms with Crippen molar-refractivity contribution in [2.45, 2.75) is 6.42 Å². The van der Waals surface area contributed by atoms with Crippen molar-refractivity contribution in [2.75, 3.05) is 6.61 Å². The molecule has 1 aromatic carbocycles. The van der Waals surface area contributed by atoms with Crippen LogP contribution in [0, 0.1) is 5.41 Å². The third-order valence-corrected chi connectivity index (χ3v) is 4.97. The number of amides is 1. The van der Waals surface area contributed by atoms with Gasteiger partial charge in [0, 0.05) is 28.7 Å². The molecule has 25 heavy (non-hydrogen) atoms. The Labute approximate surface area is 164 Å². The maximum absolute atomic E-state index is 12.1. The monoisotopic (exact) mass is 417 g/mol. The van der Waals surface area contributed by atoms with Crippen LogP contribution in [0.1, 0.15) is 12.0 Å². The van der Waals surface area contributed by atoms with E-state index in [4.69, 9.17) is 39.1 Å². The smallest absolute Gasteiger partial charge is 0.254 e. The molecule has 0 aliphatic carbocycles. The van der Waals surface area contributed by atoms with Crippen LogP contribution in [0.15, 0.2) is 29.8 Å². The highest BCUT2D eigenvalue weighted by molar-refractivity contribution is 7.20.